The van der Waals surface area contributed by atoms with Crippen LogP contribution in [0.1, 0.15) is 53.1 Å². The Kier molecular flexibility index (Phi) is 3.92. The van der Waals surface area contributed by atoms with Crippen LogP contribution in [0, 0.1) is 0 Å². The van der Waals surface area contributed by atoms with Gasteiger partial charge in [0.25, 0.3) is 0 Å². The van der Waals surface area contributed by atoms with E-state index in [4.69, 9.17) is 9.84 Å². The Labute approximate surface area is 114 Å². The number of rotatable bonds is 3. The molecule has 0 bridgehead atoms. The fraction of sp³-hybridized carbons (Fsp3) is 0.500. The van der Waals surface area contributed by atoms with Crippen molar-refractivity contribution < 1.29 is 27.8 Å². The molecule has 6 heteroatoms. The van der Waals surface area contributed by atoms with Crippen molar-refractivity contribution in [2.75, 3.05) is 7.11 Å². The first kappa shape index (κ1) is 14.7. The lowest BCUT2D eigenvalue weighted by molar-refractivity contribution is -0.137. The van der Waals surface area contributed by atoms with E-state index in [2.05, 4.69) is 0 Å². The molecule has 110 valence electrons. The van der Waals surface area contributed by atoms with E-state index in [1.807, 2.05) is 0 Å². The van der Waals surface area contributed by atoms with E-state index >= 15 is 0 Å². The van der Waals surface area contributed by atoms with Gasteiger partial charge in [0.05, 0.1) is 12.7 Å². The number of methoxy groups -OCH3 is 1. The zero-order valence-corrected chi connectivity index (χ0v) is 11.0. The van der Waals surface area contributed by atoms with E-state index in [1.54, 1.807) is 0 Å². The van der Waals surface area contributed by atoms with Gasteiger partial charge >= 0.3 is 12.1 Å². The van der Waals surface area contributed by atoms with Crippen LogP contribution in [0.3, 0.4) is 0 Å². The van der Waals surface area contributed by atoms with Gasteiger partial charge in [-0.3, -0.25) is 0 Å². The second kappa shape index (κ2) is 5.34. The standard InChI is InChI=1S/C14H15F3O3/c1-20-12-10(8-4-2-3-5-8)6-9(14(15,16)17)7-11(12)13(18)19/h6-8H,2-5H2,1H3,(H,18,19). The Morgan fingerprint density at radius 3 is 2.35 bits per heavy atom. The first-order chi connectivity index (χ1) is 9.34. The molecule has 0 aliphatic heterocycles. The van der Waals surface area contributed by atoms with Crippen molar-refractivity contribution in [2.45, 2.75) is 37.8 Å². The maximum atomic E-state index is 12.9. The number of hydrogen-bond donors (Lipinski definition) is 1. The molecule has 2 rings (SSSR count). The van der Waals surface area contributed by atoms with Crippen LogP contribution < -0.4 is 4.74 Å². The third-order valence-electron chi connectivity index (χ3n) is 3.67. The molecule has 0 unspecified atom stereocenters. The normalized spacial score (nSPS) is 16.4. The minimum Gasteiger partial charge on any atom is -0.496 e. The number of carboxylic acids is 1. The van der Waals surface area contributed by atoms with E-state index < -0.39 is 23.3 Å². The maximum absolute atomic E-state index is 12.9. The number of alkyl halides is 3. The Balaban J connectivity index is 2.62. The number of carboxylic acid groups (broad SMARTS) is 1. The topological polar surface area (TPSA) is 46.5 Å². The Morgan fingerprint density at radius 1 is 1.30 bits per heavy atom. The summed E-state index contributed by atoms with van der Waals surface area (Å²) in [6.07, 6.45) is -1.17. The first-order valence-electron chi connectivity index (χ1n) is 6.37. The average molecular weight is 288 g/mol. The highest BCUT2D eigenvalue weighted by atomic mass is 19.4. The molecule has 0 radical (unpaired) electrons. The Hall–Kier alpha value is -1.72. The number of halogens is 3. The van der Waals surface area contributed by atoms with E-state index in [0.29, 0.717) is 11.6 Å². The third kappa shape index (κ3) is 2.73. The summed E-state index contributed by atoms with van der Waals surface area (Å²) >= 11 is 0. The summed E-state index contributed by atoms with van der Waals surface area (Å²) in [6.45, 7) is 0. The molecule has 0 saturated heterocycles. The molecule has 0 atom stereocenters. The molecule has 1 fully saturated rings. The summed E-state index contributed by atoms with van der Waals surface area (Å²) in [4.78, 5) is 11.2. The fourth-order valence-electron chi connectivity index (χ4n) is 2.74. The number of aromatic carboxylic acids is 1. The van der Waals surface area contributed by atoms with Crippen LogP contribution in [0.25, 0.3) is 0 Å². The predicted octanol–water partition coefficient (Wildman–Crippen LogP) is 4.07. The van der Waals surface area contributed by atoms with Crippen molar-refractivity contribution >= 4 is 5.97 Å². The molecular formula is C14H15F3O3. The minimum atomic E-state index is -4.57. The summed E-state index contributed by atoms with van der Waals surface area (Å²) < 4.78 is 43.8. The van der Waals surface area contributed by atoms with E-state index in [0.717, 1.165) is 31.7 Å². The van der Waals surface area contributed by atoms with Gasteiger partial charge in [-0.25, -0.2) is 4.79 Å². The number of carbonyl (C=O) groups is 1. The molecule has 1 aliphatic carbocycles. The van der Waals surface area contributed by atoms with Crippen molar-refractivity contribution in [2.24, 2.45) is 0 Å². The van der Waals surface area contributed by atoms with Crippen molar-refractivity contribution in [3.05, 3.63) is 28.8 Å². The molecule has 0 heterocycles. The summed E-state index contributed by atoms with van der Waals surface area (Å²) in [6, 6.07) is 1.67. The van der Waals surface area contributed by atoms with Gasteiger partial charge in [-0.15, -0.1) is 0 Å². The van der Waals surface area contributed by atoms with Crippen LogP contribution in [0.5, 0.6) is 5.75 Å². The van der Waals surface area contributed by atoms with Crippen LogP contribution >= 0.6 is 0 Å². The summed E-state index contributed by atoms with van der Waals surface area (Å²) in [5.41, 5.74) is -1.00. The van der Waals surface area contributed by atoms with Gasteiger partial charge in [-0.2, -0.15) is 13.2 Å². The SMILES string of the molecule is COc1c(C(=O)O)cc(C(F)(F)F)cc1C1CCCC1. The molecule has 0 spiro atoms. The largest absolute Gasteiger partial charge is 0.496 e. The van der Waals surface area contributed by atoms with Crippen molar-refractivity contribution in [3.63, 3.8) is 0 Å². The predicted molar refractivity (Wildman–Crippen MR) is 66.2 cm³/mol. The van der Waals surface area contributed by atoms with Gasteiger partial charge in [0.1, 0.15) is 11.3 Å². The minimum absolute atomic E-state index is 0.0531. The van der Waals surface area contributed by atoms with Crippen LogP contribution in [0.4, 0.5) is 13.2 Å². The highest BCUT2D eigenvalue weighted by Crippen LogP contribution is 2.43. The molecule has 1 aliphatic rings. The lowest BCUT2D eigenvalue weighted by Crippen LogP contribution is -2.12. The van der Waals surface area contributed by atoms with Gasteiger partial charge in [0.15, 0.2) is 0 Å². The lowest BCUT2D eigenvalue weighted by atomic mass is 9.92. The van der Waals surface area contributed by atoms with Crippen LogP contribution in [0.15, 0.2) is 12.1 Å². The lowest BCUT2D eigenvalue weighted by Gasteiger charge is -2.19. The second-order valence-electron chi connectivity index (χ2n) is 4.93. The highest BCUT2D eigenvalue weighted by Gasteiger charge is 2.35. The van der Waals surface area contributed by atoms with Gasteiger partial charge in [0.2, 0.25) is 0 Å². The highest BCUT2D eigenvalue weighted by molar-refractivity contribution is 5.92. The van der Waals surface area contributed by atoms with E-state index in [-0.39, 0.29) is 11.7 Å². The quantitative estimate of drug-likeness (QED) is 0.912. The molecule has 1 saturated carbocycles. The van der Waals surface area contributed by atoms with Crippen LogP contribution in [-0.2, 0) is 6.18 Å². The maximum Gasteiger partial charge on any atom is 0.416 e. The van der Waals surface area contributed by atoms with Crippen molar-refractivity contribution in [1.29, 1.82) is 0 Å². The van der Waals surface area contributed by atoms with Crippen LogP contribution in [0.2, 0.25) is 0 Å². The van der Waals surface area contributed by atoms with Gasteiger partial charge in [-0.05, 0) is 36.5 Å². The summed E-state index contributed by atoms with van der Waals surface area (Å²) in [7, 11) is 1.29. The second-order valence-corrected chi connectivity index (χ2v) is 4.93. The Morgan fingerprint density at radius 2 is 1.90 bits per heavy atom. The smallest absolute Gasteiger partial charge is 0.416 e. The van der Waals surface area contributed by atoms with Gasteiger partial charge in [-0.1, -0.05) is 12.8 Å². The average Bonchev–Trinajstić information content (AvgIpc) is 2.89. The first-order valence-corrected chi connectivity index (χ1v) is 6.37. The zero-order chi connectivity index (χ0) is 14.9. The zero-order valence-electron chi connectivity index (χ0n) is 11.0. The molecular weight excluding hydrogens is 273 g/mol. The number of benzene rings is 1. The molecule has 1 aromatic rings. The van der Waals surface area contributed by atoms with Crippen LogP contribution in [-0.4, -0.2) is 18.2 Å². The molecule has 3 nitrogen and oxygen atoms in total. The van der Waals surface area contributed by atoms with Gasteiger partial charge < -0.3 is 9.84 Å². The molecule has 20 heavy (non-hydrogen) atoms. The molecule has 1 N–H and O–H groups in total. The number of ether oxygens (including phenoxy) is 1. The molecule has 0 aromatic heterocycles. The summed E-state index contributed by atoms with van der Waals surface area (Å²) in [5, 5.41) is 9.11. The molecule has 1 aromatic carbocycles. The van der Waals surface area contributed by atoms with E-state index in [9.17, 15) is 18.0 Å². The van der Waals surface area contributed by atoms with E-state index in [1.165, 1.54) is 7.11 Å². The van der Waals surface area contributed by atoms with Gasteiger partial charge in [0, 0.05) is 0 Å². The molecule has 0 amide bonds. The third-order valence-corrected chi connectivity index (χ3v) is 3.67. The summed E-state index contributed by atoms with van der Waals surface area (Å²) in [5.74, 6) is -1.42. The fourth-order valence-corrected chi connectivity index (χ4v) is 2.74. The van der Waals surface area contributed by atoms with Crippen molar-refractivity contribution in [3.8, 4) is 5.75 Å². The van der Waals surface area contributed by atoms with Crippen molar-refractivity contribution in [1.82, 2.24) is 0 Å². The monoisotopic (exact) mass is 288 g/mol. The Bertz CT molecular complexity index is 517. The number of hydrogen-bond acceptors (Lipinski definition) is 2.